The van der Waals surface area contributed by atoms with Crippen LogP contribution in [-0.2, 0) is 11.3 Å². The van der Waals surface area contributed by atoms with Crippen molar-refractivity contribution in [1.82, 2.24) is 5.32 Å². The van der Waals surface area contributed by atoms with Crippen LogP contribution in [0.25, 0.3) is 11.3 Å². The van der Waals surface area contributed by atoms with E-state index >= 15 is 0 Å². The van der Waals surface area contributed by atoms with E-state index in [1.54, 1.807) is 6.07 Å². The van der Waals surface area contributed by atoms with Gasteiger partial charge in [-0.15, -0.1) is 12.4 Å². The Morgan fingerprint density at radius 1 is 1.13 bits per heavy atom. The molecule has 23 heavy (non-hydrogen) atoms. The van der Waals surface area contributed by atoms with Crippen molar-refractivity contribution in [2.75, 3.05) is 13.2 Å². The summed E-state index contributed by atoms with van der Waals surface area (Å²) in [4.78, 5) is 0. The fourth-order valence-corrected chi connectivity index (χ4v) is 2.58. The average Bonchev–Trinajstić information content (AvgIpc) is 2.90. The second-order valence-corrected chi connectivity index (χ2v) is 6.25. The Morgan fingerprint density at radius 3 is 2.48 bits per heavy atom. The second-order valence-electron chi connectivity index (χ2n) is 5.37. The van der Waals surface area contributed by atoms with Gasteiger partial charge in [0.25, 0.3) is 0 Å². The van der Waals surface area contributed by atoms with Crippen molar-refractivity contribution in [1.29, 1.82) is 0 Å². The van der Waals surface area contributed by atoms with Gasteiger partial charge in [0.2, 0.25) is 0 Å². The Balaban J connectivity index is 0.00000264. The highest BCUT2D eigenvalue weighted by molar-refractivity contribution is 6.35. The largest absolute Gasteiger partial charge is 0.460 e. The molecule has 1 N–H and O–H groups in total. The quantitative estimate of drug-likeness (QED) is 0.609. The molecule has 1 aromatic carbocycles. The predicted molar refractivity (Wildman–Crippen MR) is 98.8 cm³/mol. The number of halogens is 3. The summed E-state index contributed by atoms with van der Waals surface area (Å²) in [7, 11) is 0. The van der Waals surface area contributed by atoms with Gasteiger partial charge in [0.1, 0.15) is 11.5 Å². The third-order valence-electron chi connectivity index (χ3n) is 3.06. The monoisotopic (exact) mass is 377 g/mol. The van der Waals surface area contributed by atoms with E-state index in [0.29, 0.717) is 16.6 Å². The van der Waals surface area contributed by atoms with E-state index < -0.39 is 0 Å². The topological polar surface area (TPSA) is 34.4 Å². The maximum Gasteiger partial charge on any atom is 0.134 e. The number of nitrogens with one attached hydrogen (secondary N) is 1. The van der Waals surface area contributed by atoms with Gasteiger partial charge in [-0.1, -0.05) is 23.2 Å². The minimum Gasteiger partial charge on any atom is -0.460 e. The molecule has 0 aliphatic rings. The maximum absolute atomic E-state index is 6.01. The number of ether oxygens (including phenoxy) is 1. The molecule has 0 saturated heterocycles. The van der Waals surface area contributed by atoms with Crippen molar-refractivity contribution in [3.8, 4) is 11.3 Å². The Labute approximate surface area is 153 Å². The number of furan rings is 1. The molecule has 0 radical (unpaired) electrons. The molecule has 2 rings (SSSR count). The van der Waals surface area contributed by atoms with Crippen LogP contribution in [0.15, 0.2) is 34.7 Å². The molecule has 6 heteroatoms. The van der Waals surface area contributed by atoms with E-state index in [-0.39, 0.29) is 18.5 Å². The highest BCUT2D eigenvalue weighted by atomic mass is 35.5. The maximum atomic E-state index is 6.01. The highest BCUT2D eigenvalue weighted by Gasteiger charge is 2.07. The summed E-state index contributed by atoms with van der Waals surface area (Å²) in [6.07, 6.45) is 1.27. The molecule has 0 aliphatic carbocycles. The molecule has 0 amide bonds. The molecule has 0 aliphatic heterocycles. The van der Waals surface area contributed by atoms with Gasteiger partial charge in [0.15, 0.2) is 0 Å². The first-order chi connectivity index (χ1) is 10.5. The summed E-state index contributed by atoms with van der Waals surface area (Å²) in [5, 5.41) is 4.54. The van der Waals surface area contributed by atoms with Crippen LogP contribution < -0.4 is 5.32 Å². The molecule has 0 unspecified atom stereocenters. The van der Waals surface area contributed by atoms with Gasteiger partial charge in [-0.2, -0.15) is 0 Å². The Kier molecular flexibility index (Phi) is 9.03. The van der Waals surface area contributed by atoms with Crippen LogP contribution in [0, 0.1) is 0 Å². The van der Waals surface area contributed by atoms with Gasteiger partial charge in [0.05, 0.1) is 12.6 Å². The fraction of sp³-hybridized carbons (Fsp3) is 0.412. The summed E-state index contributed by atoms with van der Waals surface area (Å²) in [5.41, 5.74) is 0.883. The van der Waals surface area contributed by atoms with E-state index in [2.05, 4.69) is 5.32 Å². The fourth-order valence-electron chi connectivity index (χ4n) is 2.05. The molecule has 0 fully saturated rings. The predicted octanol–water partition coefficient (Wildman–Crippen LogP) is 5.58. The standard InChI is InChI=1S/C17H21Cl2NO2.ClH/c1-12(2)21-7-3-6-20-11-16-4-5-17(22-16)13-8-14(18)10-15(19)9-13;/h4-5,8-10,12,20H,3,6-7,11H2,1-2H3;1H. The Hall–Kier alpha value is -0.710. The lowest BCUT2D eigenvalue weighted by atomic mass is 10.2. The van der Waals surface area contributed by atoms with E-state index in [0.717, 1.165) is 36.7 Å². The molecule has 1 heterocycles. The van der Waals surface area contributed by atoms with Crippen LogP contribution in [0.1, 0.15) is 26.0 Å². The third-order valence-corrected chi connectivity index (χ3v) is 3.49. The number of hydrogen-bond donors (Lipinski definition) is 1. The normalized spacial score (nSPS) is 10.8. The van der Waals surface area contributed by atoms with E-state index in [9.17, 15) is 0 Å². The number of hydrogen-bond acceptors (Lipinski definition) is 3. The second kappa shape index (κ2) is 10.2. The smallest absolute Gasteiger partial charge is 0.134 e. The van der Waals surface area contributed by atoms with Crippen molar-refractivity contribution in [2.24, 2.45) is 0 Å². The lowest BCUT2D eigenvalue weighted by Gasteiger charge is -2.07. The summed E-state index contributed by atoms with van der Waals surface area (Å²) in [6.45, 7) is 6.44. The van der Waals surface area contributed by atoms with Gasteiger partial charge in [-0.25, -0.2) is 0 Å². The lowest BCUT2D eigenvalue weighted by Crippen LogP contribution is -2.17. The van der Waals surface area contributed by atoms with Crippen LogP contribution in [0.2, 0.25) is 10.0 Å². The zero-order chi connectivity index (χ0) is 15.9. The molecular formula is C17H22Cl3NO2. The van der Waals surface area contributed by atoms with Crippen molar-refractivity contribution in [3.63, 3.8) is 0 Å². The first-order valence-corrected chi connectivity index (χ1v) is 8.17. The van der Waals surface area contributed by atoms with Gasteiger partial charge < -0.3 is 14.5 Å². The summed E-state index contributed by atoms with van der Waals surface area (Å²) in [6, 6.07) is 9.28. The van der Waals surface area contributed by atoms with Crippen LogP contribution in [0.4, 0.5) is 0 Å². The minimum absolute atomic E-state index is 0. The third kappa shape index (κ3) is 7.15. The molecule has 2 aromatic rings. The molecule has 0 spiro atoms. The summed E-state index contributed by atoms with van der Waals surface area (Å²) in [5.74, 6) is 1.65. The molecular weight excluding hydrogens is 357 g/mol. The Morgan fingerprint density at radius 2 is 1.83 bits per heavy atom. The minimum atomic E-state index is 0. The van der Waals surface area contributed by atoms with E-state index in [1.165, 1.54) is 0 Å². The van der Waals surface area contributed by atoms with E-state index in [4.69, 9.17) is 32.4 Å². The van der Waals surface area contributed by atoms with Crippen LogP contribution >= 0.6 is 35.6 Å². The van der Waals surface area contributed by atoms with Crippen LogP contribution in [-0.4, -0.2) is 19.3 Å². The average molecular weight is 379 g/mol. The first-order valence-electron chi connectivity index (χ1n) is 7.42. The SMILES string of the molecule is CC(C)OCCCNCc1ccc(-c2cc(Cl)cc(Cl)c2)o1.Cl. The zero-order valence-electron chi connectivity index (χ0n) is 13.3. The van der Waals surface area contributed by atoms with Gasteiger partial charge in [-0.3, -0.25) is 0 Å². The summed E-state index contributed by atoms with van der Waals surface area (Å²) >= 11 is 12.0. The molecule has 1 aromatic heterocycles. The van der Waals surface area contributed by atoms with Gasteiger partial charge in [0, 0.05) is 22.2 Å². The molecule has 0 bridgehead atoms. The number of benzene rings is 1. The molecule has 3 nitrogen and oxygen atoms in total. The zero-order valence-corrected chi connectivity index (χ0v) is 15.6. The van der Waals surface area contributed by atoms with Crippen molar-refractivity contribution >= 4 is 35.6 Å². The highest BCUT2D eigenvalue weighted by Crippen LogP contribution is 2.28. The van der Waals surface area contributed by atoms with Gasteiger partial charge >= 0.3 is 0 Å². The van der Waals surface area contributed by atoms with Crippen molar-refractivity contribution in [2.45, 2.75) is 32.9 Å². The Bertz CT molecular complexity index is 579. The summed E-state index contributed by atoms with van der Waals surface area (Å²) < 4.78 is 11.3. The van der Waals surface area contributed by atoms with Crippen molar-refractivity contribution in [3.05, 3.63) is 46.1 Å². The van der Waals surface area contributed by atoms with Crippen molar-refractivity contribution < 1.29 is 9.15 Å². The van der Waals surface area contributed by atoms with Crippen LogP contribution in [0.5, 0.6) is 0 Å². The number of rotatable bonds is 8. The van der Waals surface area contributed by atoms with Gasteiger partial charge in [-0.05, 0) is 57.1 Å². The molecule has 0 saturated carbocycles. The first kappa shape index (κ1) is 20.3. The molecule has 128 valence electrons. The van der Waals surface area contributed by atoms with Crippen LogP contribution in [0.3, 0.4) is 0 Å². The van der Waals surface area contributed by atoms with E-state index in [1.807, 2.05) is 38.1 Å². The lowest BCUT2D eigenvalue weighted by molar-refractivity contribution is 0.0770. The molecule has 0 atom stereocenters.